The van der Waals surface area contributed by atoms with Crippen LogP contribution in [0.4, 0.5) is 5.69 Å². The molecule has 32 heavy (non-hydrogen) atoms. The van der Waals surface area contributed by atoms with Gasteiger partial charge in [-0.05, 0) is 67.4 Å². The van der Waals surface area contributed by atoms with Crippen molar-refractivity contribution in [2.24, 2.45) is 0 Å². The van der Waals surface area contributed by atoms with E-state index < -0.39 is 0 Å². The molecule has 0 bridgehead atoms. The van der Waals surface area contributed by atoms with Gasteiger partial charge in [-0.3, -0.25) is 9.69 Å². The largest absolute Gasteiger partial charge is 0.496 e. The van der Waals surface area contributed by atoms with Gasteiger partial charge >= 0.3 is 0 Å². The van der Waals surface area contributed by atoms with Crippen molar-refractivity contribution in [1.82, 2.24) is 4.90 Å². The van der Waals surface area contributed by atoms with Gasteiger partial charge in [-0.1, -0.05) is 41.9 Å². The van der Waals surface area contributed by atoms with Gasteiger partial charge in [0.05, 0.1) is 7.11 Å². The monoisotopic (exact) mass is 450 g/mol. The molecular weight excluding hydrogens is 424 g/mol. The molecule has 0 aliphatic carbocycles. The normalized spacial score (nSPS) is 13.7. The molecule has 3 aromatic rings. The highest BCUT2D eigenvalue weighted by atomic mass is 35.5. The molecule has 0 aromatic heterocycles. The highest BCUT2D eigenvalue weighted by Gasteiger charge is 2.15. The molecule has 1 aliphatic heterocycles. The lowest BCUT2D eigenvalue weighted by molar-refractivity contribution is -0.118. The second kappa shape index (κ2) is 10.5. The van der Waals surface area contributed by atoms with Crippen LogP contribution >= 0.6 is 11.6 Å². The predicted molar refractivity (Wildman–Crippen MR) is 129 cm³/mol. The van der Waals surface area contributed by atoms with Crippen LogP contribution in [0, 0.1) is 0 Å². The minimum absolute atomic E-state index is 0.0758. The number of likely N-dealkylation sites (tertiary alicyclic amines) is 1. The van der Waals surface area contributed by atoms with E-state index in [0.717, 1.165) is 47.8 Å². The van der Waals surface area contributed by atoms with Gasteiger partial charge in [0.2, 0.25) is 0 Å². The molecular formula is C26H27ClN2O3. The van der Waals surface area contributed by atoms with Gasteiger partial charge in [-0.2, -0.15) is 0 Å². The first-order valence-electron chi connectivity index (χ1n) is 10.8. The summed E-state index contributed by atoms with van der Waals surface area (Å²) < 4.78 is 11.2. The second-order valence-corrected chi connectivity index (χ2v) is 8.31. The van der Waals surface area contributed by atoms with Crippen LogP contribution in [0.3, 0.4) is 0 Å². The van der Waals surface area contributed by atoms with Gasteiger partial charge in [0.15, 0.2) is 6.61 Å². The summed E-state index contributed by atoms with van der Waals surface area (Å²) in [5, 5.41) is 3.57. The van der Waals surface area contributed by atoms with E-state index in [9.17, 15) is 4.79 Å². The molecule has 0 spiro atoms. The number of rotatable bonds is 8. The zero-order valence-electron chi connectivity index (χ0n) is 18.1. The number of hydrogen-bond acceptors (Lipinski definition) is 4. The summed E-state index contributed by atoms with van der Waals surface area (Å²) in [6.07, 6.45) is 2.50. The van der Waals surface area contributed by atoms with E-state index in [2.05, 4.69) is 10.2 Å². The molecule has 0 unspecified atom stereocenters. The Morgan fingerprint density at radius 2 is 1.62 bits per heavy atom. The third kappa shape index (κ3) is 5.81. The van der Waals surface area contributed by atoms with E-state index in [1.165, 1.54) is 12.8 Å². The maximum Gasteiger partial charge on any atom is 0.262 e. The average Bonchev–Trinajstić information content (AvgIpc) is 3.33. The fourth-order valence-electron chi connectivity index (χ4n) is 3.86. The molecule has 3 aromatic carbocycles. The lowest BCUT2D eigenvalue weighted by Gasteiger charge is -2.17. The number of hydrogen-bond donors (Lipinski definition) is 1. The number of nitrogens with one attached hydrogen (secondary N) is 1. The summed E-state index contributed by atoms with van der Waals surface area (Å²) in [5.41, 5.74) is 3.97. The summed E-state index contributed by atoms with van der Waals surface area (Å²) >= 11 is 5.95. The summed E-state index contributed by atoms with van der Waals surface area (Å²) in [7, 11) is 1.66. The minimum Gasteiger partial charge on any atom is -0.496 e. The van der Waals surface area contributed by atoms with Crippen molar-refractivity contribution in [1.29, 1.82) is 0 Å². The Hall–Kier alpha value is -3.02. The van der Waals surface area contributed by atoms with Crippen molar-refractivity contribution in [2.75, 3.05) is 32.1 Å². The first kappa shape index (κ1) is 22.2. The molecule has 1 aliphatic rings. The molecule has 1 amide bonds. The molecule has 6 heteroatoms. The Labute approximate surface area is 193 Å². The second-order valence-electron chi connectivity index (χ2n) is 7.88. The van der Waals surface area contributed by atoms with Crippen LogP contribution in [0.5, 0.6) is 11.5 Å². The number of amides is 1. The van der Waals surface area contributed by atoms with E-state index in [-0.39, 0.29) is 12.5 Å². The SMILES string of the molecule is COc1cc(OCC(=O)Nc2ccc(-c3ccc(Cl)cc3)cc2)ccc1CN1CCCC1. The molecule has 166 valence electrons. The standard InChI is InChI=1S/C26H27ClN2O3/c1-31-25-16-24(13-8-21(25)17-29-14-2-3-15-29)32-18-26(30)28-23-11-6-20(7-12-23)19-4-9-22(27)10-5-19/h4-13,16H,2-3,14-15,17-18H2,1H3,(H,28,30). The number of benzene rings is 3. The first-order chi connectivity index (χ1) is 15.6. The van der Waals surface area contributed by atoms with Crippen molar-refractivity contribution < 1.29 is 14.3 Å². The van der Waals surface area contributed by atoms with Gasteiger partial charge in [-0.15, -0.1) is 0 Å². The van der Waals surface area contributed by atoms with Crippen molar-refractivity contribution >= 4 is 23.2 Å². The van der Waals surface area contributed by atoms with Crippen molar-refractivity contribution in [2.45, 2.75) is 19.4 Å². The molecule has 0 atom stereocenters. The Morgan fingerprint density at radius 3 is 2.28 bits per heavy atom. The fourth-order valence-corrected chi connectivity index (χ4v) is 3.99. The summed E-state index contributed by atoms with van der Waals surface area (Å²) in [4.78, 5) is 14.8. The van der Waals surface area contributed by atoms with Gasteiger partial charge in [0.25, 0.3) is 5.91 Å². The number of carbonyl (C=O) groups is 1. The molecule has 1 heterocycles. The lowest BCUT2D eigenvalue weighted by atomic mass is 10.1. The average molecular weight is 451 g/mol. The Balaban J connectivity index is 1.31. The van der Waals surface area contributed by atoms with E-state index in [1.807, 2.05) is 66.7 Å². The first-order valence-corrected chi connectivity index (χ1v) is 11.2. The third-order valence-corrected chi connectivity index (χ3v) is 5.82. The van der Waals surface area contributed by atoms with Crippen molar-refractivity contribution in [3.05, 3.63) is 77.3 Å². The maximum atomic E-state index is 12.3. The number of anilines is 1. The summed E-state index contributed by atoms with van der Waals surface area (Å²) in [6.45, 7) is 3.05. The van der Waals surface area contributed by atoms with Crippen molar-refractivity contribution in [3.8, 4) is 22.6 Å². The molecule has 5 nitrogen and oxygen atoms in total. The smallest absolute Gasteiger partial charge is 0.262 e. The van der Waals surface area contributed by atoms with Crippen LogP contribution in [0.25, 0.3) is 11.1 Å². The Bertz CT molecular complexity index is 1050. The van der Waals surface area contributed by atoms with Crippen LogP contribution < -0.4 is 14.8 Å². The zero-order chi connectivity index (χ0) is 22.3. The Kier molecular flexibility index (Phi) is 7.30. The fraction of sp³-hybridized carbons (Fsp3) is 0.269. The quantitative estimate of drug-likeness (QED) is 0.483. The Morgan fingerprint density at radius 1 is 0.969 bits per heavy atom. The van der Waals surface area contributed by atoms with E-state index in [4.69, 9.17) is 21.1 Å². The van der Waals surface area contributed by atoms with E-state index in [0.29, 0.717) is 10.8 Å². The third-order valence-electron chi connectivity index (χ3n) is 5.57. The van der Waals surface area contributed by atoms with Crippen LogP contribution in [0.1, 0.15) is 18.4 Å². The molecule has 1 N–H and O–H groups in total. The van der Waals surface area contributed by atoms with Crippen molar-refractivity contribution in [3.63, 3.8) is 0 Å². The molecule has 1 saturated heterocycles. The number of ether oxygens (including phenoxy) is 2. The number of carbonyl (C=O) groups excluding carboxylic acids is 1. The summed E-state index contributed by atoms with van der Waals surface area (Å²) in [6, 6.07) is 21.1. The lowest BCUT2D eigenvalue weighted by Crippen LogP contribution is -2.20. The molecule has 4 rings (SSSR count). The number of methoxy groups -OCH3 is 1. The van der Waals surface area contributed by atoms with Gasteiger partial charge in [0, 0.05) is 28.9 Å². The van der Waals surface area contributed by atoms with Gasteiger partial charge in [0.1, 0.15) is 11.5 Å². The minimum atomic E-state index is -0.218. The van der Waals surface area contributed by atoms with E-state index >= 15 is 0 Å². The number of nitrogens with zero attached hydrogens (tertiary/aromatic N) is 1. The van der Waals surface area contributed by atoms with Gasteiger partial charge < -0.3 is 14.8 Å². The topological polar surface area (TPSA) is 50.8 Å². The van der Waals surface area contributed by atoms with E-state index in [1.54, 1.807) is 7.11 Å². The van der Waals surface area contributed by atoms with Crippen LogP contribution in [-0.2, 0) is 11.3 Å². The maximum absolute atomic E-state index is 12.3. The van der Waals surface area contributed by atoms with Crippen LogP contribution in [0.15, 0.2) is 66.7 Å². The van der Waals surface area contributed by atoms with Crippen LogP contribution in [-0.4, -0.2) is 37.6 Å². The highest BCUT2D eigenvalue weighted by Crippen LogP contribution is 2.27. The molecule has 0 radical (unpaired) electrons. The van der Waals surface area contributed by atoms with Crippen LogP contribution in [0.2, 0.25) is 5.02 Å². The molecule has 0 saturated carbocycles. The predicted octanol–water partition coefficient (Wildman–Crippen LogP) is 5.63. The van der Waals surface area contributed by atoms with Gasteiger partial charge in [-0.25, -0.2) is 0 Å². The zero-order valence-corrected chi connectivity index (χ0v) is 18.9. The highest BCUT2D eigenvalue weighted by molar-refractivity contribution is 6.30. The number of halogens is 1. The summed E-state index contributed by atoms with van der Waals surface area (Å²) in [5.74, 6) is 1.18. The molecule has 1 fully saturated rings.